The molecule has 1 rings (SSSR count). The number of unbranched alkanes of at least 4 members (excludes halogenated alkanes) is 1. The van der Waals surface area contributed by atoms with Gasteiger partial charge in [0.2, 0.25) is 0 Å². The number of methoxy groups -OCH3 is 1. The minimum Gasteiger partial charge on any atom is -0.481 e. The lowest BCUT2D eigenvalue weighted by atomic mass is 10.0. The summed E-state index contributed by atoms with van der Waals surface area (Å²) >= 11 is 0. The molecule has 0 saturated heterocycles. The SMILES string of the molecule is CCCCNC(=O)C(C#N)=Cc1cc(C)c(OCC(=O)OC)c(C)c1. The number of rotatable bonds is 8. The Hall–Kier alpha value is -2.81. The number of hydrogen-bond acceptors (Lipinski definition) is 5. The van der Waals surface area contributed by atoms with Crippen LogP contribution in [-0.4, -0.2) is 32.1 Å². The molecule has 0 aliphatic heterocycles. The molecule has 134 valence electrons. The zero-order valence-corrected chi connectivity index (χ0v) is 15.1. The zero-order valence-electron chi connectivity index (χ0n) is 15.1. The highest BCUT2D eigenvalue weighted by molar-refractivity contribution is 6.01. The van der Waals surface area contributed by atoms with Crippen molar-refractivity contribution in [2.45, 2.75) is 33.6 Å². The van der Waals surface area contributed by atoms with Gasteiger partial charge in [0.1, 0.15) is 17.4 Å². The molecule has 0 spiro atoms. The van der Waals surface area contributed by atoms with Crippen LogP contribution in [-0.2, 0) is 14.3 Å². The number of hydrogen-bond donors (Lipinski definition) is 1. The highest BCUT2D eigenvalue weighted by Gasteiger charge is 2.11. The number of nitriles is 1. The number of nitrogens with zero attached hydrogens (tertiary/aromatic N) is 1. The number of benzene rings is 1. The van der Waals surface area contributed by atoms with Crippen LogP contribution in [0, 0.1) is 25.2 Å². The predicted molar refractivity (Wildman–Crippen MR) is 94.9 cm³/mol. The average molecular weight is 344 g/mol. The topological polar surface area (TPSA) is 88.4 Å². The summed E-state index contributed by atoms with van der Waals surface area (Å²) < 4.78 is 10.0. The molecule has 1 amide bonds. The molecule has 0 heterocycles. The zero-order chi connectivity index (χ0) is 18.8. The summed E-state index contributed by atoms with van der Waals surface area (Å²) in [6, 6.07) is 5.54. The maximum absolute atomic E-state index is 12.0. The number of esters is 1. The highest BCUT2D eigenvalue weighted by Crippen LogP contribution is 2.26. The first kappa shape index (κ1) is 20.2. The van der Waals surface area contributed by atoms with Crippen LogP contribution in [0.4, 0.5) is 0 Å². The molecule has 6 nitrogen and oxygen atoms in total. The molecule has 6 heteroatoms. The van der Waals surface area contributed by atoms with Crippen molar-refractivity contribution in [2.24, 2.45) is 0 Å². The Bertz CT molecular complexity index is 679. The average Bonchev–Trinajstić information content (AvgIpc) is 2.58. The number of amides is 1. The largest absolute Gasteiger partial charge is 0.481 e. The third-order valence-electron chi connectivity index (χ3n) is 3.54. The van der Waals surface area contributed by atoms with E-state index in [4.69, 9.17) is 4.74 Å². The Labute approximate surface area is 148 Å². The minimum atomic E-state index is -0.460. The van der Waals surface area contributed by atoms with E-state index in [2.05, 4.69) is 10.1 Å². The lowest BCUT2D eigenvalue weighted by Crippen LogP contribution is -2.25. The van der Waals surface area contributed by atoms with Crippen molar-refractivity contribution in [1.29, 1.82) is 5.26 Å². The molecule has 0 atom stereocenters. The van der Waals surface area contributed by atoms with Crippen LogP contribution in [0.5, 0.6) is 5.75 Å². The Balaban J connectivity index is 2.96. The van der Waals surface area contributed by atoms with Gasteiger partial charge in [-0.1, -0.05) is 13.3 Å². The van der Waals surface area contributed by atoms with Crippen LogP contribution in [0.1, 0.15) is 36.5 Å². The van der Waals surface area contributed by atoms with E-state index in [9.17, 15) is 14.9 Å². The molecular weight excluding hydrogens is 320 g/mol. The number of nitrogens with one attached hydrogen (secondary N) is 1. The smallest absolute Gasteiger partial charge is 0.343 e. The van der Waals surface area contributed by atoms with E-state index >= 15 is 0 Å². The van der Waals surface area contributed by atoms with Crippen LogP contribution in [0.25, 0.3) is 6.08 Å². The molecule has 0 aliphatic rings. The molecule has 0 bridgehead atoms. The first-order chi connectivity index (χ1) is 11.9. The number of carbonyl (C=O) groups is 2. The fourth-order valence-electron chi connectivity index (χ4n) is 2.27. The van der Waals surface area contributed by atoms with Crippen molar-refractivity contribution in [2.75, 3.05) is 20.3 Å². The maximum atomic E-state index is 12.0. The van der Waals surface area contributed by atoms with Crippen molar-refractivity contribution in [3.63, 3.8) is 0 Å². The van der Waals surface area contributed by atoms with Crippen molar-refractivity contribution in [3.8, 4) is 11.8 Å². The molecule has 25 heavy (non-hydrogen) atoms. The van der Waals surface area contributed by atoms with E-state index in [1.807, 2.05) is 26.8 Å². The first-order valence-electron chi connectivity index (χ1n) is 8.13. The summed E-state index contributed by atoms with van der Waals surface area (Å²) in [4.78, 5) is 23.2. The molecule has 0 unspecified atom stereocenters. The Kier molecular flexibility index (Phi) is 8.21. The number of ether oxygens (including phenoxy) is 2. The summed E-state index contributed by atoms with van der Waals surface area (Å²) in [7, 11) is 1.30. The van der Waals surface area contributed by atoms with Gasteiger partial charge in [0.05, 0.1) is 7.11 Å². The van der Waals surface area contributed by atoms with Crippen molar-refractivity contribution in [3.05, 3.63) is 34.4 Å². The second-order valence-electron chi connectivity index (χ2n) is 5.63. The molecule has 0 fully saturated rings. The van der Waals surface area contributed by atoms with E-state index < -0.39 is 5.97 Å². The van der Waals surface area contributed by atoms with Gasteiger partial charge >= 0.3 is 5.97 Å². The number of aryl methyl sites for hydroxylation is 2. The van der Waals surface area contributed by atoms with Gasteiger partial charge in [-0.2, -0.15) is 5.26 Å². The van der Waals surface area contributed by atoms with E-state index in [0.29, 0.717) is 12.3 Å². The van der Waals surface area contributed by atoms with Gasteiger partial charge < -0.3 is 14.8 Å². The third kappa shape index (κ3) is 6.30. The van der Waals surface area contributed by atoms with E-state index in [-0.39, 0.29) is 18.1 Å². The second-order valence-corrected chi connectivity index (χ2v) is 5.63. The lowest BCUT2D eigenvalue weighted by Gasteiger charge is -2.12. The van der Waals surface area contributed by atoms with E-state index in [1.165, 1.54) is 7.11 Å². The highest BCUT2D eigenvalue weighted by atomic mass is 16.6. The summed E-state index contributed by atoms with van der Waals surface area (Å²) in [6.07, 6.45) is 3.39. The van der Waals surface area contributed by atoms with E-state index in [1.54, 1.807) is 18.2 Å². The van der Waals surface area contributed by atoms with Crippen molar-refractivity contribution < 1.29 is 19.1 Å². The van der Waals surface area contributed by atoms with Gasteiger partial charge in [0.15, 0.2) is 6.61 Å². The Morgan fingerprint density at radius 2 is 1.92 bits per heavy atom. The van der Waals surface area contributed by atoms with Crippen LogP contribution in [0.15, 0.2) is 17.7 Å². The van der Waals surface area contributed by atoms with E-state index in [0.717, 1.165) is 29.5 Å². The summed E-state index contributed by atoms with van der Waals surface area (Å²) in [6.45, 7) is 6.08. The third-order valence-corrected chi connectivity index (χ3v) is 3.54. The molecule has 1 N–H and O–H groups in total. The van der Waals surface area contributed by atoms with Gasteiger partial charge in [0, 0.05) is 6.54 Å². The predicted octanol–water partition coefficient (Wildman–Crippen LogP) is 2.68. The number of carbonyl (C=O) groups excluding carboxylic acids is 2. The summed E-state index contributed by atoms with van der Waals surface area (Å²) in [5.41, 5.74) is 2.39. The quantitative estimate of drug-likeness (QED) is 0.339. The van der Waals surface area contributed by atoms with Gasteiger partial charge in [0.25, 0.3) is 5.91 Å². The molecule has 1 aromatic rings. The second kappa shape index (κ2) is 10.1. The molecule has 0 aromatic heterocycles. The molecule has 0 saturated carbocycles. The molecular formula is C19H24N2O4. The molecule has 1 aromatic carbocycles. The van der Waals surface area contributed by atoms with Crippen LogP contribution in [0.3, 0.4) is 0 Å². The van der Waals surface area contributed by atoms with Gasteiger partial charge in [-0.25, -0.2) is 4.79 Å². The standard InChI is InChI=1S/C19H24N2O4/c1-5-6-7-21-19(23)16(11-20)10-15-8-13(2)18(14(3)9-15)25-12-17(22)24-4/h8-10H,5-7,12H2,1-4H3,(H,21,23). The van der Waals surface area contributed by atoms with Gasteiger partial charge in [-0.15, -0.1) is 0 Å². The van der Waals surface area contributed by atoms with Crippen molar-refractivity contribution in [1.82, 2.24) is 5.32 Å². The fraction of sp³-hybridized carbons (Fsp3) is 0.421. The molecule has 0 aliphatic carbocycles. The summed E-state index contributed by atoms with van der Waals surface area (Å²) in [5, 5.41) is 12.0. The Morgan fingerprint density at radius 3 is 2.44 bits per heavy atom. The normalized spacial score (nSPS) is 10.8. The minimum absolute atomic E-state index is 0.0538. The van der Waals surface area contributed by atoms with Crippen LogP contribution >= 0.6 is 0 Å². The summed E-state index contributed by atoms with van der Waals surface area (Å²) in [5.74, 6) is -0.246. The van der Waals surface area contributed by atoms with Crippen LogP contribution < -0.4 is 10.1 Å². The Morgan fingerprint density at radius 1 is 1.28 bits per heavy atom. The first-order valence-corrected chi connectivity index (χ1v) is 8.13. The van der Waals surface area contributed by atoms with Crippen LogP contribution in [0.2, 0.25) is 0 Å². The molecule has 0 radical (unpaired) electrons. The monoisotopic (exact) mass is 344 g/mol. The fourth-order valence-corrected chi connectivity index (χ4v) is 2.27. The van der Waals surface area contributed by atoms with Crippen molar-refractivity contribution >= 4 is 18.0 Å². The van der Waals surface area contributed by atoms with Gasteiger partial charge in [-0.3, -0.25) is 4.79 Å². The lowest BCUT2D eigenvalue weighted by molar-refractivity contribution is -0.142. The maximum Gasteiger partial charge on any atom is 0.343 e. The van der Waals surface area contributed by atoms with Gasteiger partial charge in [-0.05, 0) is 55.2 Å².